The van der Waals surface area contributed by atoms with Crippen molar-refractivity contribution in [2.45, 2.75) is 6.92 Å². The minimum atomic E-state index is -1.10. The summed E-state index contributed by atoms with van der Waals surface area (Å²) >= 11 is 0.965. The maximum Gasteiger partial charge on any atom is 0.340 e. The first kappa shape index (κ1) is 15.0. The lowest BCUT2D eigenvalue weighted by atomic mass is 10.2. The molecule has 1 aromatic carbocycles. The Kier molecular flexibility index (Phi) is 4.23. The van der Waals surface area contributed by atoms with Crippen molar-refractivity contribution in [1.29, 1.82) is 0 Å². The van der Waals surface area contributed by atoms with E-state index in [0.29, 0.717) is 11.3 Å². The van der Waals surface area contributed by atoms with Gasteiger partial charge in [0.15, 0.2) is 0 Å². The molecule has 0 fully saturated rings. The molecule has 0 aliphatic heterocycles. The number of aryl methyl sites for hydroxylation is 1. The average Bonchev–Trinajstić information content (AvgIpc) is 2.79. The van der Waals surface area contributed by atoms with Crippen LogP contribution in [0.4, 0.5) is 10.7 Å². The van der Waals surface area contributed by atoms with Crippen molar-refractivity contribution >= 4 is 34.1 Å². The third kappa shape index (κ3) is 3.19. The van der Waals surface area contributed by atoms with Crippen molar-refractivity contribution in [2.75, 3.05) is 24.3 Å². The molecule has 0 spiro atoms. The molecule has 0 aliphatic rings. The maximum absolute atomic E-state index is 12.1. The van der Waals surface area contributed by atoms with Crippen molar-refractivity contribution < 1.29 is 14.7 Å². The number of aromatic nitrogens is 1. The van der Waals surface area contributed by atoms with Crippen molar-refractivity contribution in [3.8, 4) is 0 Å². The first-order valence-electron chi connectivity index (χ1n) is 6.18. The normalized spacial score (nSPS) is 10.2. The molecule has 1 heterocycles. The summed E-state index contributed by atoms with van der Waals surface area (Å²) in [5.41, 5.74) is 1.87. The summed E-state index contributed by atoms with van der Waals surface area (Å²) < 4.78 is 3.96. The van der Waals surface area contributed by atoms with E-state index in [1.165, 1.54) is 0 Å². The fraction of sp³-hybridized carbons (Fsp3) is 0.214. The number of amides is 1. The van der Waals surface area contributed by atoms with Crippen molar-refractivity contribution in [1.82, 2.24) is 4.37 Å². The summed E-state index contributed by atoms with van der Waals surface area (Å²) in [7, 11) is 3.82. The Bertz CT molecular complexity index is 677. The minimum absolute atomic E-state index is 0.0401. The van der Waals surface area contributed by atoms with E-state index in [4.69, 9.17) is 5.11 Å². The lowest BCUT2D eigenvalue weighted by Gasteiger charge is -2.12. The molecular weight excluding hydrogens is 290 g/mol. The van der Waals surface area contributed by atoms with Gasteiger partial charge in [-0.3, -0.25) is 4.79 Å². The predicted octanol–water partition coefficient (Wildman–Crippen LogP) is 2.47. The molecule has 21 heavy (non-hydrogen) atoms. The van der Waals surface area contributed by atoms with Crippen molar-refractivity contribution in [3.05, 3.63) is 41.1 Å². The summed E-state index contributed by atoms with van der Waals surface area (Å²) in [4.78, 5) is 25.2. The number of carbonyl (C=O) groups excluding carboxylic acids is 1. The van der Waals surface area contributed by atoms with Crippen LogP contribution in [0.15, 0.2) is 24.3 Å². The molecule has 0 atom stereocenters. The zero-order valence-electron chi connectivity index (χ0n) is 11.9. The molecule has 2 N–H and O–H groups in total. The number of nitrogens with one attached hydrogen (secondary N) is 1. The number of anilines is 2. The van der Waals surface area contributed by atoms with Crippen LogP contribution in [0.3, 0.4) is 0 Å². The molecule has 1 amide bonds. The second kappa shape index (κ2) is 5.92. The van der Waals surface area contributed by atoms with E-state index in [2.05, 4.69) is 9.69 Å². The zero-order valence-corrected chi connectivity index (χ0v) is 12.7. The first-order chi connectivity index (χ1) is 9.90. The van der Waals surface area contributed by atoms with Crippen LogP contribution in [0, 0.1) is 6.92 Å². The molecule has 0 aliphatic carbocycles. The number of hydrogen-bond donors (Lipinski definition) is 2. The molecule has 0 unspecified atom stereocenters. The van der Waals surface area contributed by atoms with Gasteiger partial charge in [0, 0.05) is 25.3 Å². The van der Waals surface area contributed by atoms with Gasteiger partial charge in [0.1, 0.15) is 10.6 Å². The minimum Gasteiger partial charge on any atom is -0.478 e. The second-order valence-corrected chi connectivity index (χ2v) is 5.45. The van der Waals surface area contributed by atoms with E-state index < -0.39 is 5.97 Å². The van der Waals surface area contributed by atoms with Crippen LogP contribution in [-0.2, 0) is 0 Å². The summed E-state index contributed by atoms with van der Waals surface area (Å²) in [6.07, 6.45) is 0. The number of hydrogen-bond acceptors (Lipinski definition) is 5. The van der Waals surface area contributed by atoms with Gasteiger partial charge in [-0.2, -0.15) is 4.37 Å². The zero-order chi connectivity index (χ0) is 15.6. The Labute approximate surface area is 126 Å². The van der Waals surface area contributed by atoms with E-state index in [0.717, 1.165) is 17.2 Å². The van der Waals surface area contributed by atoms with E-state index in [9.17, 15) is 9.59 Å². The smallest absolute Gasteiger partial charge is 0.340 e. The standard InChI is InChI=1S/C14H15N3O3S/c1-8-11(14(19)20)13(21-16-8)15-12(18)9-4-6-10(7-5-9)17(2)3/h4-7H,1-3H3,(H,15,18)(H,19,20). The first-order valence-corrected chi connectivity index (χ1v) is 6.95. The number of nitrogens with zero attached hydrogens (tertiary/aromatic N) is 2. The highest BCUT2D eigenvalue weighted by Gasteiger charge is 2.19. The van der Waals surface area contributed by atoms with Crippen LogP contribution in [0.5, 0.6) is 0 Å². The fourth-order valence-electron chi connectivity index (χ4n) is 1.79. The number of carboxylic acid groups (broad SMARTS) is 1. The van der Waals surface area contributed by atoms with Gasteiger partial charge in [0.2, 0.25) is 0 Å². The predicted molar refractivity (Wildman–Crippen MR) is 82.5 cm³/mol. The molecule has 2 rings (SSSR count). The molecule has 0 bridgehead atoms. The third-order valence-corrected chi connectivity index (χ3v) is 3.80. The maximum atomic E-state index is 12.1. The van der Waals surface area contributed by atoms with Crippen LogP contribution in [0.2, 0.25) is 0 Å². The molecule has 0 radical (unpaired) electrons. The highest BCUT2D eigenvalue weighted by molar-refractivity contribution is 7.11. The van der Waals surface area contributed by atoms with Gasteiger partial charge >= 0.3 is 5.97 Å². The lowest BCUT2D eigenvalue weighted by Crippen LogP contribution is -2.14. The quantitative estimate of drug-likeness (QED) is 0.906. The fourth-order valence-corrected chi connectivity index (χ4v) is 2.58. The molecule has 0 saturated heterocycles. The summed E-state index contributed by atoms with van der Waals surface area (Å²) in [6, 6.07) is 7.04. The Morgan fingerprint density at radius 1 is 1.24 bits per heavy atom. The van der Waals surface area contributed by atoms with Crippen LogP contribution < -0.4 is 10.2 Å². The van der Waals surface area contributed by atoms with Gasteiger partial charge in [-0.05, 0) is 42.7 Å². The van der Waals surface area contributed by atoms with E-state index in [-0.39, 0.29) is 16.5 Å². The van der Waals surface area contributed by atoms with Crippen LogP contribution in [-0.4, -0.2) is 35.5 Å². The molecule has 7 heteroatoms. The lowest BCUT2D eigenvalue weighted by molar-refractivity contribution is 0.0697. The Balaban J connectivity index is 2.20. The molecule has 1 aromatic heterocycles. The third-order valence-electron chi connectivity index (χ3n) is 2.95. The highest BCUT2D eigenvalue weighted by atomic mass is 32.1. The van der Waals surface area contributed by atoms with Crippen LogP contribution in [0.1, 0.15) is 26.4 Å². The number of aromatic carboxylic acids is 1. The monoisotopic (exact) mass is 305 g/mol. The topological polar surface area (TPSA) is 82.5 Å². The number of rotatable bonds is 4. The van der Waals surface area contributed by atoms with Gasteiger partial charge in [-0.25, -0.2) is 4.79 Å². The van der Waals surface area contributed by atoms with Crippen LogP contribution >= 0.6 is 11.5 Å². The van der Waals surface area contributed by atoms with Gasteiger partial charge in [-0.1, -0.05) is 0 Å². The van der Waals surface area contributed by atoms with Gasteiger partial charge in [0.25, 0.3) is 5.91 Å². The Morgan fingerprint density at radius 3 is 2.38 bits per heavy atom. The van der Waals surface area contributed by atoms with E-state index in [1.54, 1.807) is 19.1 Å². The molecule has 110 valence electrons. The number of carboxylic acids is 1. The van der Waals surface area contributed by atoms with Gasteiger partial charge in [0.05, 0.1) is 5.69 Å². The van der Waals surface area contributed by atoms with E-state index in [1.807, 2.05) is 31.1 Å². The number of carbonyl (C=O) groups is 2. The highest BCUT2D eigenvalue weighted by Crippen LogP contribution is 2.25. The second-order valence-electron chi connectivity index (χ2n) is 4.67. The molecule has 6 nitrogen and oxygen atoms in total. The Morgan fingerprint density at radius 2 is 1.86 bits per heavy atom. The molecular formula is C14H15N3O3S. The summed E-state index contributed by atoms with van der Waals surface area (Å²) in [5, 5.41) is 12.0. The SMILES string of the molecule is Cc1nsc(NC(=O)c2ccc(N(C)C)cc2)c1C(=O)O. The largest absolute Gasteiger partial charge is 0.478 e. The molecule has 2 aromatic rings. The summed E-state index contributed by atoms with van der Waals surface area (Å²) in [6.45, 7) is 1.60. The summed E-state index contributed by atoms with van der Waals surface area (Å²) in [5.74, 6) is -1.45. The van der Waals surface area contributed by atoms with Gasteiger partial charge in [-0.15, -0.1) is 0 Å². The van der Waals surface area contributed by atoms with Crippen molar-refractivity contribution in [2.24, 2.45) is 0 Å². The van der Waals surface area contributed by atoms with Crippen LogP contribution in [0.25, 0.3) is 0 Å². The van der Waals surface area contributed by atoms with Crippen molar-refractivity contribution in [3.63, 3.8) is 0 Å². The Hall–Kier alpha value is -2.41. The number of benzene rings is 1. The molecule has 0 saturated carbocycles. The van der Waals surface area contributed by atoms with Gasteiger partial charge < -0.3 is 15.3 Å². The van der Waals surface area contributed by atoms with E-state index >= 15 is 0 Å². The average molecular weight is 305 g/mol.